The molecule has 8 rings (SSSR count). The van der Waals surface area contributed by atoms with Crippen molar-refractivity contribution in [3.05, 3.63) is 90.8 Å². The Kier molecular flexibility index (Phi) is 12.5. The van der Waals surface area contributed by atoms with Gasteiger partial charge in [0.2, 0.25) is 23.7 Å². The number of hydrogen-bond donors (Lipinski definition) is 8. The molecule has 278 valence electrons. The van der Waals surface area contributed by atoms with Crippen LogP contribution in [0.1, 0.15) is 24.5 Å². The van der Waals surface area contributed by atoms with Gasteiger partial charge in [-0.15, -0.1) is 0 Å². The highest BCUT2D eigenvalue weighted by molar-refractivity contribution is 5.84. The lowest BCUT2D eigenvalue weighted by Crippen LogP contribution is -2.09. The number of fused-ring (bicyclic) bond motifs is 3. The van der Waals surface area contributed by atoms with E-state index >= 15 is 0 Å². The van der Waals surface area contributed by atoms with Crippen LogP contribution in [0, 0.1) is 0 Å². The summed E-state index contributed by atoms with van der Waals surface area (Å²) >= 11 is 0. The minimum absolute atomic E-state index is 0.151. The summed E-state index contributed by atoms with van der Waals surface area (Å²) in [5.74, 6) is 2.38. The van der Waals surface area contributed by atoms with Crippen molar-refractivity contribution in [2.24, 2.45) is 0 Å². The minimum Gasteiger partial charge on any atom is -0.471 e. The van der Waals surface area contributed by atoms with Gasteiger partial charge in [0.05, 0.1) is 19.0 Å². The molecular formula is C35H41N17O2. The molecule has 6 aromatic heterocycles. The Morgan fingerprint density at radius 3 is 1.67 bits per heavy atom. The van der Waals surface area contributed by atoms with Crippen molar-refractivity contribution < 1.29 is 9.47 Å². The molecule has 0 unspecified atom stereocenters. The predicted molar refractivity (Wildman–Crippen MR) is 207 cm³/mol. The molecule has 19 nitrogen and oxygen atoms in total. The Bertz CT molecular complexity index is 2340. The standard InChI is InChI=1S/C13H14N6.C12H11N5O.C10H16N6O/c14-13-18-11(10-12(19-13)17-8-16-10)15-7-6-9-4-2-1-3-5-9;13-12-16-10-9(14-7-15-10)11(17-12)18-6-8-4-2-1-3-5-8;1-2-17-5-3-4-12-8-7-9(14-6-13-7)16-10(11)15-8/h1-5,8H,6-7H2,(H4,14,15,16,17,18,19);1-5,7H,6H2,(H3,13,14,15,16,17);6H,2-5H2,1H3,(H4,11,12,13,14,15,16). The van der Waals surface area contributed by atoms with Crippen molar-refractivity contribution in [1.82, 2.24) is 59.8 Å². The van der Waals surface area contributed by atoms with E-state index in [4.69, 9.17) is 26.7 Å². The van der Waals surface area contributed by atoms with Gasteiger partial charge in [-0.25, -0.2) is 15.0 Å². The number of H-pyrrole nitrogens is 3. The average Bonchev–Trinajstić information content (AvgIpc) is 3.97. The van der Waals surface area contributed by atoms with Crippen LogP contribution in [-0.4, -0.2) is 86.1 Å². The van der Waals surface area contributed by atoms with Crippen LogP contribution in [-0.2, 0) is 17.8 Å². The lowest BCUT2D eigenvalue weighted by molar-refractivity contribution is 0.147. The van der Waals surface area contributed by atoms with E-state index in [0.717, 1.165) is 55.7 Å². The number of nitrogens with one attached hydrogen (secondary N) is 5. The third kappa shape index (κ3) is 10.0. The van der Waals surface area contributed by atoms with Crippen molar-refractivity contribution in [3.63, 3.8) is 0 Å². The van der Waals surface area contributed by atoms with E-state index in [1.165, 1.54) is 11.9 Å². The molecule has 11 N–H and O–H groups in total. The molecule has 0 aliphatic rings. The van der Waals surface area contributed by atoms with Gasteiger partial charge in [0, 0.05) is 26.3 Å². The van der Waals surface area contributed by atoms with E-state index in [0.29, 0.717) is 46.6 Å². The lowest BCUT2D eigenvalue weighted by atomic mass is 10.1. The zero-order valence-corrected chi connectivity index (χ0v) is 29.5. The first-order valence-corrected chi connectivity index (χ1v) is 17.1. The maximum absolute atomic E-state index is 5.65. The van der Waals surface area contributed by atoms with Crippen molar-refractivity contribution >= 4 is 63.0 Å². The molecule has 0 bridgehead atoms. The number of imidazole rings is 3. The maximum Gasteiger partial charge on any atom is 0.245 e. The van der Waals surface area contributed by atoms with Gasteiger partial charge in [-0.3, -0.25) is 0 Å². The molecule has 6 heterocycles. The molecule has 0 atom stereocenters. The van der Waals surface area contributed by atoms with Crippen molar-refractivity contribution in [1.29, 1.82) is 0 Å². The third-order valence-electron chi connectivity index (χ3n) is 7.60. The van der Waals surface area contributed by atoms with Crippen LogP contribution in [0.25, 0.3) is 33.5 Å². The van der Waals surface area contributed by atoms with Crippen molar-refractivity contribution in [2.45, 2.75) is 26.4 Å². The van der Waals surface area contributed by atoms with E-state index in [-0.39, 0.29) is 17.8 Å². The zero-order chi connectivity index (χ0) is 37.5. The van der Waals surface area contributed by atoms with E-state index < -0.39 is 0 Å². The van der Waals surface area contributed by atoms with Gasteiger partial charge in [0.15, 0.2) is 28.6 Å². The molecule has 2 aromatic carbocycles. The second-order valence-corrected chi connectivity index (χ2v) is 11.5. The largest absolute Gasteiger partial charge is 0.471 e. The maximum atomic E-state index is 5.65. The summed E-state index contributed by atoms with van der Waals surface area (Å²) in [5, 5.41) is 6.45. The Hall–Kier alpha value is -7.15. The number of aromatic amines is 3. The third-order valence-corrected chi connectivity index (χ3v) is 7.60. The average molecular weight is 732 g/mol. The lowest BCUT2D eigenvalue weighted by Gasteiger charge is -2.06. The number of nitrogens with zero attached hydrogens (tertiary/aromatic N) is 9. The Morgan fingerprint density at radius 1 is 0.593 bits per heavy atom. The number of nitrogen functional groups attached to an aromatic ring is 3. The summed E-state index contributed by atoms with van der Waals surface area (Å²) in [6.45, 7) is 5.42. The van der Waals surface area contributed by atoms with Crippen molar-refractivity contribution in [3.8, 4) is 5.88 Å². The first kappa shape index (κ1) is 36.6. The molecule has 0 aliphatic carbocycles. The van der Waals surface area contributed by atoms with Crippen molar-refractivity contribution in [2.75, 3.05) is 54.1 Å². The number of anilines is 5. The van der Waals surface area contributed by atoms with Gasteiger partial charge in [-0.05, 0) is 30.9 Å². The summed E-state index contributed by atoms with van der Waals surface area (Å²) in [5.41, 5.74) is 23.0. The summed E-state index contributed by atoms with van der Waals surface area (Å²) in [6.07, 6.45) is 6.52. The number of rotatable bonds is 13. The van der Waals surface area contributed by atoms with Crippen LogP contribution >= 0.6 is 0 Å². The second-order valence-electron chi connectivity index (χ2n) is 11.5. The first-order valence-electron chi connectivity index (χ1n) is 17.1. The topological polar surface area (TPSA) is 284 Å². The molecule has 0 saturated heterocycles. The van der Waals surface area contributed by atoms with Crippen LogP contribution in [0.15, 0.2) is 79.6 Å². The van der Waals surface area contributed by atoms with Gasteiger partial charge in [-0.2, -0.15) is 29.9 Å². The first-order chi connectivity index (χ1) is 26.5. The molecular weight excluding hydrogens is 691 g/mol. The van der Waals surface area contributed by atoms with Gasteiger partial charge in [-0.1, -0.05) is 60.7 Å². The van der Waals surface area contributed by atoms with E-state index in [1.807, 2.05) is 55.5 Å². The molecule has 0 spiro atoms. The number of aromatic nitrogens is 12. The Balaban J connectivity index is 0.000000138. The van der Waals surface area contributed by atoms with Gasteiger partial charge >= 0.3 is 0 Å². The SMILES string of the molecule is CCOCCCNc1nc(N)nc2nc[nH]c12.Nc1nc(NCCc2ccccc2)c2[nH]cnc2n1.Nc1nc(OCc2ccccc2)c2[nH]cnc2n1. The summed E-state index contributed by atoms with van der Waals surface area (Å²) in [7, 11) is 0. The fourth-order valence-electron chi connectivity index (χ4n) is 5.10. The van der Waals surface area contributed by atoms with Crippen LogP contribution < -0.4 is 32.6 Å². The Labute approximate surface area is 309 Å². The highest BCUT2D eigenvalue weighted by Crippen LogP contribution is 2.21. The molecule has 0 radical (unpaired) electrons. The quantitative estimate of drug-likeness (QED) is 0.0781. The normalized spacial score (nSPS) is 10.8. The second kappa shape index (κ2) is 18.4. The number of hydrogen-bond acceptors (Lipinski definition) is 16. The van der Waals surface area contributed by atoms with Gasteiger partial charge in [0.1, 0.15) is 23.2 Å². The zero-order valence-electron chi connectivity index (χ0n) is 29.5. The monoisotopic (exact) mass is 731 g/mol. The fourth-order valence-corrected chi connectivity index (χ4v) is 5.10. The fraction of sp³-hybridized carbons (Fsp3) is 0.229. The van der Waals surface area contributed by atoms with Crippen LogP contribution in [0.2, 0.25) is 0 Å². The predicted octanol–water partition coefficient (Wildman–Crippen LogP) is 3.88. The van der Waals surface area contributed by atoms with E-state index in [2.05, 4.69) is 82.6 Å². The minimum atomic E-state index is 0.151. The molecule has 0 saturated carbocycles. The molecule has 19 heteroatoms. The summed E-state index contributed by atoms with van der Waals surface area (Å²) in [4.78, 5) is 45.5. The summed E-state index contributed by atoms with van der Waals surface area (Å²) in [6, 6.07) is 20.1. The molecule has 0 aliphatic heterocycles. The molecule has 0 amide bonds. The van der Waals surface area contributed by atoms with Crippen LogP contribution in [0.5, 0.6) is 5.88 Å². The van der Waals surface area contributed by atoms with Crippen LogP contribution in [0.3, 0.4) is 0 Å². The molecule has 8 aromatic rings. The summed E-state index contributed by atoms with van der Waals surface area (Å²) < 4.78 is 10.9. The Morgan fingerprint density at radius 2 is 1.09 bits per heavy atom. The van der Waals surface area contributed by atoms with E-state index in [1.54, 1.807) is 12.7 Å². The van der Waals surface area contributed by atoms with E-state index in [9.17, 15) is 0 Å². The number of ether oxygens (including phenoxy) is 2. The number of nitrogens with two attached hydrogens (primary N) is 3. The molecule has 54 heavy (non-hydrogen) atoms. The number of benzene rings is 2. The van der Waals surface area contributed by atoms with Crippen LogP contribution in [0.4, 0.5) is 29.5 Å². The highest BCUT2D eigenvalue weighted by atomic mass is 16.5. The smallest absolute Gasteiger partial charge is 0.245 e. The highest BCUT2D eigenvalue weighted by Gasteiger charge is 2.11. The van der Waals surface area contributed by atoms with Gasteiger partial charge in [0.25, 0.3) is 0 Å². The molecule has 0 fully saturated rings. The van der Waals surface area contributed by atoms with Gasteiger partial charge < -0.3 is 52.3 Å².